The van der Waals surface area contributed by atoms with Gasteiger partial charge in [0.25, 0.3) is 0 Å². The maximum atomic E-state index is 6.19. The Morgan fingerprint density at radius 3 is 3.00 bits per heavy atom. The van der Waals surface area contributed by atoms with Gasteiger partial charge < -0.3 is 15.4 Å². The van der Waals surface area contributed by atoms with Crippen LogP contribution in [0.15, 0.2) is 0 Å². The summed E-state index contributed by atoms with van der Waals surface area (Å²) in [5, 5.41) is 0. The molecule has 3 fully saturated rings. The van der Waals surface area contributed by atoms with Gasteiger partial charge >= 0.3 is 0 Å². The molecule has 0 aromatic rings. The summed E-state index contributed by atoms with van der Waals surface area (Å²) in [5.74, 6) is 0.553. The molecule has 3 aliphatic heterocycles. The smallest absolute Gasteiger partial charge is 0.0521 e. The molecule has 0 aromatic carbocycles. The van der Waals surface area contributed by atoms with Crippen molar-refractivity contribution in [3.63, 3.8) is 0 Å². The average Bonchev–Trinajstić information content (AvgIpc) is 2.79. The summed E-state index contributed by atoms with van der Waals surface area (Å²) in [6.07, 6.45) is 3.82. The second-order valence-corrected chi connectivity index (χ2v) is 5.88. The van der Waals surface area contributed by atoms with Crippen molar-refractivity contribution >= 4 is 0 Å². The van der Waals surface area contributed by atoms with Crippen LogP contribution < -0.4 is 5.73 Å². The molecule has 3 unspecified atom stereocenters. The SMILES string of the molecule is NC1CCOCC1CN1CCN2CCCC2C1. The van der Waals surface area contributed by atoms with E-state index < -0.39 is 0 Å². The van der Waals surface area contributed by atoms with Crippen LogP contribution in [0.5, 0.6) is 0 Å². The molecule has 0 aromatic heterocycles. The topological polar surface area (TPSA) is 41.7 Å². The first-order chi connectivity index (χ1) is 8.33. The van der Waals surface area contributed by atoms with E-state index in [9.17, 15) is 0 Å². The third kappa shape index (κ3) is 2.65. The van der Waals surface area contributed by atoms with Gasteiger partial charge in [-0.3, -0.25) is 4.90 Å². The second kappa shape index (κ2) is 5.22. The predicted molar refractivity (Wildman–Crippen MR) is 67.9 cm³/mol. The maximum Gasteiger partial charge on any atom is 0.0521 e. The lowest BCUT2D eigenvalue weighted by Crippen LogP contribution is -2.53. The minimum Gasteiger partial charge on any atom is -0.381 e. The quantitative estimate of drug-likeness (QED) is 0.744. The number of ether oxygens (including phenoxy) is 1. The molecular weight excluding hydrogens is 214 g/mol. The van der Waals surface area contributed by atoms with Gasteiger partial charge in [-0.2, -0.15) is 0 Å². The van der Waals surface area contributed by atoms with Crippen LogP contribution >= 0.6 is 0 Å². The second-order valence-electron chi connectivity index (χ2n) is 5.88. The molecule has 3 rings (SSSR count). The first-order valence-electron chi connectivity index (χ1n) is 7.12. The van der Waals surface area contributed by atoms with Crippen LogP contribution in [0.1, 0.15) is 19.3 Å². The molecule has 3 saturated heterocycles. The highest BCUT2D eigenvalue weighted by Gasteiger charge is 2.32. The van der Waals surface area contributed by atoms with Gasteiger partial charge in [-0.25, -0.2) is 0 Å². The van der Waals surface area contributed by atoms with Gasteiger partial charge in [0.05, 0.1) is 6.61 Å². The molecule has 4 nitrogen and oxygen atoms in total. The fourth-order valence-corrected chi connectivity index (χ4v) is 3.55. The summed E-state index contributed by atoms with van der Waals surface area (Å²) >= 11 is 0. The zero-order valence-corrected chi connectivity index (χ0v) is 10.7. The molecule has 98 valence electrons. The third-order valence-corrected chi connectivity index (χ3v) is 4.70. The molecule has 0 saturated carbocycles. The Hall–Kier alpha value is -0.160. The van der Waals surface area contributed by atoms with Gasteiger partial charge in [0.15, 0.2) is 0 Å². The van der Waals surface area contributed by atoms with E-state index in [4.69, 9.17) is 10.5 Å². The predicted octanol–water partition coefficient (Wildman–Crippen LogP) is 0.130. The Morgan fingerprint density at radius 2 is 2.12 bits per heavy atom. The van der Waals surface area contributed by atoms with Crippen LogP contribution in [0.3, 0.4) is 0 Å². The van der Waals surface area contributed by atoms with Crippen molar-refractivity contribution in [2.45, 2.75) is 31.3 Å². The van der Waals surface area contributed by atoms with E-state index in [-0.39, 0.29) is 0 Å². The summed E-state index contributed by atoms with van der Waals surface area (Å²) in [6.45, 7) is 7.92. The van der Waals surface area contributed by atoms with Crippen molar-refractivity contribution < 1.29 is 4.74 Å². The highest BCUT2D eigenvalue weighted by molar-refractivity contribution is 4.89. The Bertz CT molecular complexity index is 261. The fraction of sp³-hybridized carbons (Fsp3) is 1.00. The molecule has 0 aliphatic carbocycles. The normalized spacial score (nSPS) is 40.4. The van der Waals surface area contributed by atoms with Gasteiger partial charge in [0.2, 0.25) is 0 Å². The molecule has 4 heteroatoms. The highest BCUT2D eigenvalue weighted by Crippen LogP contribution is 2.23. The number of hydrogen-bond donors (Lipinski definition) is 1. The molecule has 3 aliphatic rings. The van der Waals surface area contributed by atoms with Gasteiger partial charge in [-0.1, -0.05) is 0 Å². The van der Waals surface area contributed by atoms with E-state index in [1.807, 2.05) is 0 Å². The zero-order chi connectivity index (χ0) is 11.7. The van der Waals surface area contributed by atoms with E-state index in [1.54, 1.807) is 0 Å². The lowest BCUT2D eigenvalue weighted by Gasteiger charge is -2.40. The van der Waals surface area contributed by atoms with Crippen molar-refractivity contribution in [3.05, 3.63) is 0 Å². The number of nitrogens with zero attached hydrogens (tertiary/aromatic N) is 2. The average molecular weight is 239 g/mol. The molecule has 3 heterocycles. The summed E-state index contributed by atoms with van der Waals surface area (Å²) in [4.78, 5) is 5.28. The molecule has 0 amide bonds. The van der Waals surface area contributed by atoms with Gasteiger partial charge in [-0.15, -0.1) is 0 Å². The van der Waals surface area contributed by atoms with Gasteiger partial charge in [-0.05, 0) is 25.8 Å². The van der Waals surface area contributed by atoms with Crippen LogP contribution in [-0.2, 0) is 4.74 Å². The molecule has 0 bridgehead atoms. The summed E-state index contributed by atoms with van der Waals surface area (Å²) in [7, 11) is 0. The van der Waals surface area contributed by atoms with Crippen LogP contribution in [0.4, 0.5) is 0 Å². The van der Waals surface area contributed by atoms with Gasteiger partial charge in [0, 0.05) is 50.8 Å². The number of hydrogen-bond acceptors (Lipinski definition) is 4. The number of rotatable bonds is 2. The van der Waals surface area contributed by atoms with Crippen molar-refractivity contribution in [2.75, 3.05) is 45.9 Å². The fourth-order valence-electron chi connectivity index (χ4n) is 3.55. The summed E-state index contributed by atoms with van der Waals surface area (Å²) in [5.41, 5.74) is 6.19. The molecule has 0 spiro atoms. The lowest BCUT2D eigenvalue weighted by molar-refractivity contribution is 0.0125. The molecule has 2 N–H and O–H groups in total. The summed E-state index contributed by atoms with van der Waals surface area (Å²) < 4.78 is 5.56. The molecule has 3 atom stereocenters. The Kier molecular flexibility index (Phi) is 3.66. The van der Waals surface area contributed by atoms with E-state index in [2.05, 4.69) is 9.80 Å². The van der Waals surface area contributed by atoms with Crippen LogP contribution in [-0.4, -0.2) is 67.8 Å². The minimum absolute atomic E-state index is 0.352. The molecule has 0 radical (unpaired) electrons. The van der Waals surface area contributed by atoms with E-state index in [0.29, 0.717) is 12.0 Å². The Morgan fingerprint density at radius 1 is 1.18 bits per heavy atom. The van der Waals surface area contributed by atoms with E-state index in [0.717, 1.165) is 32.2 Å². The maximum absolute atomic E-state index is 6.19. The van der Waals surface area contributed by atoms with Crippen molar-refractivity contribution in [1.29, 1.82) is 0 Å². The van der Waals surface area contributed by atoms with Gasteiger partial charge in [0.1, 0.15) is 0 Å². The van der Waals surface area contributed by atoms with Crippen molar-refractivity contribution in [3.8, 4) is 0 Å². The van der Waals surface area contributed by atoms with E-state index in [1.165, 1.54) is 39.0 Å². The largest absolute Gasteiger partial charge is 0.381 e. The van der Waals surface area contributed by atoms with Crippen LogP contribution in [0.2, 0.25) is 0 Å². The third-order valence-electron chi connectivity index (χ3n) is 4.70. The monoisotopic (exact) mass is 239 g/mol. The van der Waals surface area contributed by atoms with Crippen LogP contribution in [0, 0.1) is 5.92 Å². The van der Waals surface area contributed by atoms with Crippen LogP contribution in [0.25, 0.3) is 0 Å². The Balaban J connectivity index is 1.51. The minimum atomic E-state index is 0.352. The number of fused-ring (bicyclic) bond motifs is 1. The highest BCUT2D eigenvalue weighted by atomic mass is 16.5. The van der Waals surface area contributed by atoms with Crippen molar-refractivity contribution in [1.82, 2.24) is 9.80 Å². The van der Waals surface area contributed by atoms with Crippen molar-refractivity contribution in [2.24, 2.45) is 11.7 Å². The molecular formula is C13H25N3O. The summed E-state index contributed by atoms with van der Waals surface area (Å²) in [6, 6.07) is 1.18. The first kappa shape index (κ1) is 11.9. The Labute approximate surface area is 104 Å². The standard InChI is InChI=1S/C13H25N3O/c14-13-3-7-17-10-11(13)8-15-5-6-16-4-1-2-12(16)9-15/h11-13H,1-10,14H2. The number of piperazine rings is 1. The lowest BCUT2D eigenvalue weighted by atomic mass is 9.95. The molecule has 17 heavy (non-hydrogen) atoms. The first-order valence-corrected chi connectivity index (χ1v) is 7.12. The number of nitrogens with two attached hydrogens (primary N) is 1. The zero-order valence-electron chi connectivity index (χ0n) is 10.7. The van der Waals surface area contributed by atoms with E-state index >= 15 is 0 Å².